The highest BCUT2D eigenvalue weighted by atomic mass is 19.4. The van der Waals surface area contributed by atoms with Gasteiger partial charge in [0.25, 0.3) is 0 Å². The standard InChI is InChI=1S/C17H19F3N2O/c18-17(19,20)13-3-1-2-12(9-13)16(4-5-16)22-15(23)21-14-8-10-6-11(14)7-10/h1-3,9-11,14H,4-8H2,(H2,21,22,23)/t10?,11?,14-/m1/s1. The van der Waals surface area contributed by atoms with E-state index in [4.69, 9.17) is 0 Å². The third-order valence-corrected chi connectivity index (χ3v) is 5.59. The van der Waals surface area contributed by atoms with Crippen molar-refractivity contribution in [2.45, 2.75) is 49.9 Å². The van der Waals surface area contributed by atoms with E-state index in [2.05, 4.69) is 10.6 Å². The Hall–Kier alpha value is -1.72. The molecular weight excluding hydrogens is 305 g/mol. The minimum absolute atomic E-state index is 0.234. The molecule has 4 saturated carbocycles. The topological polar surface area (TPSA) is 41.1 Å². The largest absolute Gasteiger partial charge is 0.416 e. The molecule has 4 aliphatic rings. The van der Waals surface area contributed by atoms with Crippen molar-refractivity contribution in [1.82, 2.24) is 10.6 Å². The number of benzene rings is 1. The molecule has 1 atom stereocenters. The number of amides is 2. The molecule has 0 unspecified atom stereocenters. The van der Waals surface area contributed by atoms with Gasteiger partial charge in [0.05, 0.1) is 11.1 Å². The molecule has 5 rings (SSSR count). The summed E-state index contributed by atoms with van der Waals surface area (Å²) in [6, 6.07) is 5.26. The summed E-state index contributed by atoms with van der Waals surface area (Å²) < 4.78 is 38.6. The number of fused-ring (bicyclic) bond motifs is 1. The van der Waals surface area contributed by atoms with Crippen molar-refractivity contribution in [3.63, 3.8) is 0 Å². The molecule has 23 heavy (non-hydrogen) atoms. The number of hydrogen-bond donors (Lipinski definition) is 2. The van der Waals surface area contributed by atoms with Gasteiger partial charge >= 0.3 is 12.2 Å². The van der Waals surface area contributed by atoms with E-state index in [1.165, 1.54) is 18.9 Å². The molecule has 3 nitrogen and oxygen atoms in total. The van der Waals surface area contributed by atoms with Gasteiger partial charge in [-0.05, 0) is 61.6 Å². The second-order valence-corrected chi connectivity index (χ2v) is 7.20. The second kappa shape index (κ2) is 4.89. The zero-order valence-electron chi connectivity index (χ0n) is 12.6. The first-order valence-electron chi connectivity index (χ1n) is 8.12. The van der Waals surface area contributed by atoms with Crippen LogP contribution < -0.4 is 10.6 Å². The van der Waals surface area contributed by atoms with Crippen LogP contribution in [0, 0.1) is 11.8 Å². The lowest BCUT2D eigenvalue weighted by Crippen LogP contribution is -2.47. The van der Waals surface area contributed by atoms with Crippen molar-refractivity contribution in [1.29, 1.82) is 0 Å². The molecule has 1 aromatic rings. The number of rotatable bonds is 3. The van der Waals surface area contributed by atoms with Crippen LogP contribution in [0.25, 0.3) is 0 Å². The first-order chi connectivity index (χ1) is 10.9. The predicted molar refractivity (Wildman–Crippen MR) is 78.6 cm³/mol. The Balaban J connectivity index is 1.45. The highest BCUT2D eigenvalue weighted by Crippen LogP contribution is 2.49. The maximum atomic E-state index is 12.9. The van der Waals surface area contributed by atoms with Crippen LogP contribution >= 0.6 is 0 Å². The highest BCUT2D eigenvalue weighted by Gasteiger charge is 2.48. The lowest BCUT2D eigenvalue weighted by Gasteiger charge is -2.26. The molecule has 0 aliphatic heterocycles. The Morgan fingerprint density at radius 2 is 1.91 bits per heavy atom. The number of nitrogens with one attached hydrogen (secondary N) is 2. The van der Waals surface area contributed by atoms with Crippen molar-refractivity contribution in [3.8, 4) is 0 Å². The Labute approximate surface area is 132 Å². The maximum Gasteiger partial charge on any atom is 0.416 e. The molecule has 2 bridgehead atoms. The summed E-state index contributed by atoms with van der Waals surface area (Å²) >= 11 is 0. The fourth-order valence-corrected chi connectivity index (χ4v) is 4.06. The van der Waals surface area contributed by atoms with Crippen LogP contribution in [-0.4, -0.2) is 12.1 Å². The summed E-state index contributed by atoms with van der Waals surface area (Å²) in [5.74, 6) is 1.35. The van der Waals surface area contributed by atoms with Crippen molar-refractivity contribution in [3.05, 3.63) is 35.4 Å². The van der Waals surface area contributed by atoms with E-state index in [-0.39, 0.29) is 12.1 Å². The van der Waals surface area contributed by atoms with E-state index in [0.29, 0.717) is 24.3 Å². The van der Waals surface area contributed by atoms with Crippen LogP contribution in [0.1, 0.15) is 43.2 Å². The van der Waals surface area contributed by atoms with Gasteiger partial charge < -0.3 is 10.6 Å². The molecule has 4 fully saturated rings. The number of urea groups is 1. The van der Waals surface area contributed by atoms with Gasteiger partial charge in [0.15, 0.2) is 0 Å². The third kappa shape index (κ3) is 2.68. The van der Waals surface area contributed by atoms with Crippen LogP contribution in [0.15, 0.2) is 24.3 Å². The summed E-state index contributed by atoms with van der Waals surface area (Å²) in [6.07, 6.45) is 0.429. The first kappa shape index (κ1) is 14.8. The van der Waals surface area contributed by atoms with E-state index in [1.807, 2.05) is 0 Å². The van der Waals surface area contributed by atoms with Crippen LogP contribution in [0.5, 0.6) is 0 Å². The maximum absolute atomic E-state index is 12.9. The number of carbonyl (C=O) groups is 1. The SMILES string of the molecule is O=C(N[C@@H]1CC2CC1C2)NC1(c2cccc(C(F)(F)F)c2)CC1. The van der Waals surface area contributed by atoms with Gasteiger partial charge in [-0.1, -0.05) is 12.1 Å². The quantitative estimate of drug-likeness (QED) is 0.872. The van der Waals surface area contributed by atoms with Crippen molar-refractivity contribution < 1.29 is 18.0 Å². The minimum atomic E-state index is -4.36. The van der Waals surface area contributed by atoms with Gasteiger partial charge in [0, 0.05) is 6.04 Å². The van der Waals surface area contributed by atoms with Gasteiger partial charge in [-0.15, -0.1) is 0 Å². The monoisotopic (exact) mass is 324 g/mol. The van der Waals surface area contributed by atoms with E-state index >= 15 is 0 Å². The van der Waals surface area contributed by atoms with Gasteiger partial charge in [-0.25, -0.2) is 4.79 Å². The van der Waals surface area contributed by atoms with E-state index in [0.717, 1.165) is 24.5 Å². The van der Waals surface area contributed by atoms with Crippen molar-refractivity contribution in [2.24, 2.45) is 11.8 Å². The summed E-state index contributed by atoms with van der Waals surface area (Å²) in [5, 5.41) is 5.92. The normalized spacial score (nSPS) is 30.5. The number of hydrogen-bond acceptors (Lipinski definition) is 1. The summed E-state index contributed by atoms with van der Waals surface area (Å²) in [7, 11) is 0. The molecule has 0 heterocycles. The Kier molecular flexibility index (Phi) is 3.15. The number of halogens is 3. The van der Waals surface area contributed by atoms with Gasteiger partial charge in [-0.2, -0.15) is 13.2 Å². The lowest BCUT2D eigenvalue weighted by atomic mass is 9.84. The minimum Gasteiger partial charge on any atom is -0.335 e. The third-order valence-electron chi connectivity index (χ3n) is 5.59. The zero-order chi connectivity index (χ0) is 16.2. The summed E-state index contributed by atoms with van der Waals surface area (Å²) in [5.41, 5.74) is -0.759. The molecule has 1 aromatic carbocycles. The number of carbonyl (C=O) groups excluding carboxylic acids is 1. The average molecular weight is 324 g/mol. The molecule has 4 aliphatic carbocycles. The molecule has 0 aromatic heterocycles. The van der Waals surface area contributed by atoms with Crippen molar-refractivity contribution in [2.75, 3.05) is 0 Å². The molecule has 2 amide bonds. The fourth-order valence-electron chi connectivity index (χ4n) is 4.06. The fraction of sp³-hybridized carbons (Fsp3) is 0.588. The van der Waals surface area contributed by atoms with E-state index < -0.39 is 17.3 Å². The lowest BCUT2D eigenvalue weighted by molar-refractivity contribution is -0.137. The first-order valence-corrected chi connectivity index (χ1v) is 8.12. The van der Waals surface area contributed by atoms with Crippen LogP contribution in [0.4, 0.5) is 18.0 Å². The second-order valence-electron chi connectivity index (χ2n) is 7.20. The average Bonchev–Trinajstić information content (AvgIpc) is 2.96. The van der Waals surface area contributed by atoms with E-state index in [1.54, 1.807) is 6.07 Å². The molecule has 0 radical (unpaired) electrons. The Morgan fingerprint density at radius 1 is 1.17 bits per heavy atom. The Bertz CT molecular complexity index is 633. The van der Waals surface area contributed by atoms with Crippen LogP contribution in [-0.2, 0) is 11.7 Å². The van der Waals surface area contributed by atoms with Gasteiger partial charge in [0.1, 0.15) is 0 Å². The summed E-state index contributed by atoms with van der Waals surface area (Å²) in [6.45, 7) is 0. The molecule has 0 spiro atoms. The zero-order valence-corrected chi connectivity index (χ0v) is 12.6. The van der Waals surface area contributed by atoms with Crippen LogP contribution in [0.2, 0.25) is 0 Å². The molecule has 0 saturated heterocycles. The predicted octanol–water partition coefficient (Wildman–Crippen LogP) is 3.79. The van der Waals surface area contributed by atoms with E-state index in [9.17, 15) is 18.0 Å². The smallest absolute Gasteiger partial charge is 0.335 e. The molecule has 124 valence electrons. The molecular formula is C17H19F3N2O. The van der Waals surface area contributed by atoms with Crippen molar-refractivity contribution >= 4 is 6.03 Å². The summed E-state index contributed by atoms with van der Waals surface area (Å²) in [4.78, 5) is 12.2. The molecule has 6 heteroatoms. The van der Waals surface area contributed by atoms with Gasteiger partial charge in [0.2, 0.25) is 0 Å². The highest BCUT2D eigenvalue weighted by molar-refractivity contribution is 5.76. The Morgan fingerprint density at radius 3 is 2.48 bits per heavy atom. The molecule has 2 N–H and O–H groups in total. The van der Waals surface area contributed by atoms with Gasteiger partial charge in [-0.3, -0.25) is 0 Å². The number of alkyl halides is 3. The van der Waals surface area contributed by atoms with Crippen LogP contribution in [0.3, 0.4) is 0 Å².